The van der Waals surface area contributed by atoms with Crippen molar-refractivity contribution in [1.82, 2.24) is 5.43 Å². The van der Waals surface area contributed by atoms with Gasteiger partial charge in [0.2, 0.25) is 0 Å². The normalized spacial score (nSPS) is 10.3. The Morgan fingerprint density at radius 3 is 2.44 bits per heavy atom. The zero-order chi connectivity index (χ0) is 18.1. The highest BCUT2D eigenvalue weighted by Crippen LogP contribution is 2.22. The monoisotopic (exact) mass is 341 g/mol. The highest BCUT2D eigenvalue weighted by Gasteiger charge is 2.14. The van der Waals surface area contributed by atoms with Crippen molar-refractivity contribution >= 4 is 23.7 Å². The molecule has 0 spiro atoms. The fraction of sp³-hybridized carbons (Fsp3) is 0.167. The number of nitrogens with zero attached hydrogens (tertiary/aromatic N) is 1. The van der Waals surface area contributed by atoms with Crippen molar-refractivity contribution in [1.29, 1.82) is 0 Å². The van der Waals surface area contributed by atoms with Crippen molar-refractivity contribution in [2.45, 2.75) is 6.92 Å². The Kier molecular flexibility index (Phi) is 6.53. The number of carbonyl (C=O) groups is 2. The number of nitrogens with one attached hydrogen (secondary N) is 2. The Labute approximate surface area is 145 Å². The van der Waals surface area contributed by atoms with Gasteiger partial charge in [0.05, 0.1) is 25.6 Å². The average Bonchev–Trinajstić information content (AvgIpc) is 2.63. The largest absolute Gasteiger partial charge is 0.495 e. The van der Waals surface area contributed by atoms with Crippen molar-refractivity contribution in [3.63, 3.8) is 0 Å². The molecule has 0 fully saturated rings. The number of hydrogen-bond donors (Lipinski definition) is 2. The Morgan fingerprint density at radius 1 is 1.04 bits per heavy atom. The summed E-state index contributed by atoms with van der Waals surface area (Å²) in [5, 5.41) is 6.26. The summed E-state index contributed by atoms with van der Waals surface area (Å²) >= 11 is 0. The van der Waals surface area contributed by atoms with Gasteiger partial charge < -0.3 is 14.8 Å². The second-order valence-corrected chi connectivity index (χ2v) is 4.82. The van der Waals surface area contributed by atoms with Gasteiger partial charge in [-0.1, -0.05) is 24.3 Å². The Morgan fingerprint density at radius 2 is 1.72 bits per heavy atom. The molecule has 2 amide bonds. The molecule has 25 heavy (non-hydrogen) atoms. The molecule has 2 aromatic rings. The van der Waals surface area contributed by atoms with E-state index in [1.807, 2.05) is 19.1 Å². The molecule has 2 N–H and O–H groups in total. The topological polar surface area (TPSA) is 89.0 Å². The molecule has 0 heterocycles. The second-order valence-electron chi connectivity index (χ2n) is 4.82. The van der Waals surface area contributed by atoms with E-state index < -0.39 is 11.8 Å². The standard InChI is InChI=1S/C18H19N3O4/c1-3-25-15-10-6-4-8-13(15)12-19-21-18(23)17(22)20-14-9-5-7-11-16(14)24-2/h4-12H,3H2,1-2H3,(H,20,22)(H,21,23)/b19-12+. The van der Waals surface area contributed by atoms with Crippen LogP contribution in [0.15, 0.2) is 53.6 Å². The lowest BCUT2D eigenvalue weighted by Crippen LogP contribution is -2.32. The zero-order valence-corrected chi connectivity index (χ0v) is 14.0. The van der Waals surface area contributed by atoms with E-state index in [0.29, 0.717) is 29.4 Å². The fourth-order valence-corrected chi connectivity index (χ4v) is 2.01. The van der Waals surface area contributed by atoms with Crippen LogP contribution >= 0.6 is 0 Å². The Balaban J connectivity index is 1.97. The summed E-state index contributed by atoms with van der Waals surface area (Å²) in [7, 11) is 1.48. The minimum absolute atomic E-state index is 0.399. The third kappa shape index (κ3) is 5.07. The predicted molar refractivity (Wildman–Crippen MR) is 95.0 cm³/mol. The van der Waals surface area contributed by atoms with E-state index in [1.54, 1.807) is 36.4 Å². The van der Waals surface area contributed by atoms with Crippen LogP contribution in [0.1, 0.15) is 12.5 Å². The smallest absolute Gasteiger partial charge is 0.329 e. The Hall–Kier alpha value is -3.35. The van der Waals surface area contributed by atoms with Crippen LogP contribution in [0.3, 0.4) is 0 Å². The van der Waals surface area contributed by atoms with E-state index in [-0.39, 0.29) is 0 Å². The van der Waals surface area contributed by atoms with Crippen molar-refractivity contribution in [2.75, 3.05) is 19.0 Å². The van der Waals surface area contributed by atoms with Crippen LogP contribution in [0.4, 0.5) is 5.69 Å². The van der Waals surface area contributed by atoms with E-state index in [2.05, 4.69) is 15.8 Å². The van der Waals surface area contributed by atoms with Crippen molar-refractivity contribution in [3.05, 3.63) is 54.1 Å². The van der Waals surface area contributed by atoms with Gasteiger partial charge >= 0.3 is 11.8 Å². The lowest BCUT2D eigenvalue weighted by molar-refractivity contribution is -0.136. The van der Waals surface area contributed by atoms with Crippen LogP contribution in [0.2, 0.25) is 0 Å². The van der Waals surface area contributed by atoms with Crippen LogP contribution in [-0.4, -0.2) is 31.7 Å². The van der Waals surface area contributed by atoms with Gasteiger partial charge in [0.15, 0.2) is 0 Å². The molecule has 0 saturated carbocycles. The van der Waals surface area contributed by atoms with E-state index >= 15 is 0 Å². The molecule has 0 saturated heterocycles. The summed E-state index contributed by atoms with van der Waals surface area (Å²) < 4.78 is 10.6. The zero-order valence-electron chi connectivity index (χ0n) is 14.0. The summed E-state index contributed by atoms with van der Waals surface area (Å²) in [6.45, 7) is 2.39. The van der Waals surface area contributed by atoms with Crippen LogP contribution in [-0.2, 0) is 9.59 Å². The number of methoxy groups -OCH3 is 1. The molecule has 0 aliphatic heterocycles. The number of carbonyl (C=O) groups excluding carboxylic acids is 2. The van der Waals surface area contributed by atoms with Crippen LogP contribution in [0.5, 0.6) is 11.5 Å². The van der Waals surface area contributed by atoms with Gasteiger partial charge in [-0.25, -0.2) is 5.43 Å². The first kappa shape index (κ1) is 18.0. The molecule has 0 aliphatic carbocycles. The third-order valence-electron chi connectivity index (χ3n) is 3.15. The summed E-state index contributed by atoms with van der Waals surface area (Å²) in [4.78, 5) is 23.8. The minimum atomic E-state index is -0.893. The molecule has 0 radical (unpaired) electrons. The number of rotatable bonds is 6. The van der Waals surface area contributed by atoms with E-state index in [1.165, 1.54) is 13.3 Å². The maximum absolute atomic E-state index is 11.9. The molecule has 0 unspecified atom stereocenters. The number of amides is 2. The van der Waals surface area contributed by atoms with Crippen LogP contribution in [0, 0.1) is 0 Å². The first-order valence-electron chi connectivity index (χ1n) is 7.65. The Bertz CT molecular complexity index is 774. The maximum atomic E-state index is 11.9. The lowest BCUT2D eigenvalue weighted by Gasteiger charge is -2.08. The van der Waals surface area contributed by atoms with Gasteiger partial charge in [-0.05, 0) is 31.2 Å². The van der Waals surface area contributed by atoms with Crippen LogP contribution < -0.4 is 20.2 Å². The molecular weight excluding hydrogens is 322 g/mol. The molecule has 0 bridgehead atoms. The molecule has 2 rings (SSSR count). The second kappa shape index (κ2) is 9.07. The summed E-state index contributed by atoms with van der Waals surface area (Å²) in [6, 6.07) is 14.0. The molecule has 130 valence electrons. The van der Waals surface area contributed by atoms with Gasteiger partial charge in [-0.2, -0.15) is 5.10 Å². The maximum Gasteiger partial charge on any atom is 0.329 e. The number of benzene rings is 2. The van der Waals surface area contributed by atoms with Gasteiger partial charge in [0, 0.05) is 5.56 Å². The lowest BCUT2D eigenvalue weighted by atomic mass is 10.2. The number of hydrogen-bond acceptors (Lipinski definition) is 5. The fourth-order valence-electron chi connectivity index (χ4n) is 2.01. The number of anilines is 1. The quantitative estimate of drug-likeness (QED) is 0.479. The predicted octanol–water partition coefficient (Wildman–Crippen LogP) is 2.18. The van der Waals surface area contributed by atoms with E-state index in [4.69, 9.17) is 9.47 Å². The van der Waals surface area contributed by atoms with Gasteiger partial charge in [0.25, 0.3) is 0 Å². The first-order chi connectivity index (χ1) is 12.2. The van der Waals surface area contributed by atoms with Crippen molar-refractivity contribution in [3.8, 4) is 11.5 Å². The molecular formula is C18H19N3O4. The molecule has 7 nitrogen and oxygen atoms in total. The third-order valence-corrected chi connectivity index (χ3v) is 3.15. The van der Waals surface area contributed by atoms with Crippen molar-refractivity contribution < 1.29 is 19.1 Å². The summed E-state index contributed by atoms with van der Waals surface area (Å²) in [5.74, 6) is -0.643. The minimum Gasteiger partial charge on any atom is -0.495 e. The average molecular weight is 341 g/mol. The summed E-state index contributed by atoms with van der Waals surface area (Å²) in [6.07, 6.45) is 1.42. The summed E-state index contributed by atoms with van der Waals surface area (Å²) in [5.41, 5.74) is 3.27. The van der Waals surface area contributed by atoms with E-state index in [9.17, 15) is 9.59 Å². The van der Waals surface area contributed by atoms with Gasteiger partial charge in [-0.3, -0.25) is 9.59 Å². The number of hydrazone groups is 1. The molecule has 0 atom stereocenters. The molecule has 0 aliphatic rings. The first-order valence-corrected chi connectivity index (χ1v) is 7.65. The van der Waals surface area contributed by atoms with Gasteiger partial charge in [-0.15, -0.1) is 0 Å². The number of ether oxygens (including phenoxy) is 2. The SMILES string of the molecule is CCOc1ccccc1/C=N/NC(=O)C(=O)Nc1ccccc1OC. The van der Waals surface area contributed by atoms with E-state index in [0.717, 1.165) is 0 Å². The van der Waals surface area contributed by atoms with Gasteiger partial charge in [0.1, 0.15) is 11.5 Å². The molecule has 0 aromatic heterocycles. The highest BCUT2D eigenvalue weighted by atomic mass is 16.5. The molecule has 2 aromatic carbocycles. The number of para-hydroxylation sites is 3. The molecule has 7 heteroatoms. The highest BCUT2D eigenvalue weighted by molar-refractivity contribution is 6.39. The van der Waals surface area contributed by atoms with Crippen molar-refractivity contribution in [2.24, 2.45) is 5.10 Å². The van der Waals surface area contributed by atoms with Crippen LogP contribution in [0.25, 0.3) is 0 Å².